The van der Waals surface area contributed by atoms with Crippen molar-refractivity contribution in [2.45, 2.75) is 51.9 Å². The molecule has 2 N–H and O–H groups in total. The van der Waals surface area contributed by atoms with Gasteiger partial charge in [-0.25, -0.2) is 4.98 Å². The molecule has 4 fully saturated rings. The summed E-state index contributed by atoms with van der Waals surface area (Å²) in [5.41, 5.74) is 6.25. The maximum Gasteiger partial charge on any atom is 0.223 e. The first-order valence-corrected chi connectivity index (χ1v) is 7.57. The molecular weight excluding hydrogens is 236 g/mol. The van der Waals surface area contributed by atoms with Crippen LogP contribution >= 0.6 is 0 Å². The number of nitrogens with two attached hydrogens (primary N) is 1. The van der Waals surface area contributed by atoms with Crippen LogP contribution in [0.1, 0.15) is 50.2 Å². The monoisotopic (exact) mass is 258 g/mol. The molecule has 4 aliphatic carbocycles. The van der Waals surface area contributed by atoms with Gasteiger partial charge < -0.3 is 5.73 Å². The summed E-state index contributed by atoms with van der Waals surface area (Å²) in [5, 5.41) is 0. The highest BCUT2D eigenvalue weighted by molar-refractivity contribution is 5.17. The second kappa shape index (κ2) is 3.90. The zero-order valence-electron chi connectivity index (χ0n) is 11.6. The van der Waals surface area contributed by atoms with E-state index >= 15 is 0 Å². The number of hydrogen-bond donors (Lipinski definition) is 1. The topological polar surface area (TPSA) is 64.7 Å². The Morgan fingerprint density at radius 2 is 1.58 bits per heavy atom. The second-order valence-electron chi connectivity index (χ2n) is 7.25. The largest absolute Gasteiger partial charge is 0.368 e. The van der Waals surface area contributed by atoms with Crippen molar-refractivity contribution in [1.29, 1.82) is 0 Å². The van der Waals surface area contributed by atoms with Crippen LogP contribution in [0.3, 0.4) is 0 Å². The average molecular weight is 258 g/mol. The molecule has 1 aromatic heterocycles. The molecule has 0 atom stereocenters. The van der Waals surface area contributed by atoms with Crippen molar-refractivity contribution >= 4 is 5.95 Å². The predicted molar refractivity (Wildman–Crippen MR) is 73.3 cm³/mol. The van der Waals surface area contributed by atoms with E-state index in [4.69, 9.17) is 5.73 Å². The highest BCUT2D eigenvalue weighted by Crippen LogP contribution is 2.60. The van der Waals surface area contributed by atoms with E-state index in [2.05, 4.69) is 15.0 Å². The number of rotatable bonds is 2. The van der Waals surface area contributed by atoms with Crippen LogP contribution in [0, 0.1) is 30.1 Å². The third kappa shape index (κ3) is 2.01. The molecule has 4 nitrogen and oxygen atoms in total. The molecule has 102 valence electrons. The zero-order valence-corrected chi connectivity index (χ0v) is 11.6. The molecule has 0 aromatic carbocycles. The Morgan fingerprint density at radius 3 is 2.11 bits per heavy atom. The minimum atomic E-state index is 0.382. The number of nitrogen functional groups attached to an aromatic ring is 1. The van der Waals surface area contributed by atoms with E-state index < -0.39 is 0 Å². The average Bonchev–Trinajstić information content (AvgIpc) is 2.23. The standard InChI is InChI=1S/C15H22N4/c1-9-17-13(19-14(16)18-9)8-15-5-10-2-11(6-15)4-12(3-10)7-15/h10-12H,2-8H2,1H3,(H2,16,17,18,19). The third-order valence-corrected chi connectivity index (χ3v) is 5.51. The first kappa shape index (κ1) is 11.6. The summed E-state index contributed by atoms with van der Waals surface area (Å²) in [6.45, 7) is 1.90. The highest BCUT2D eigenvalue weighted by atomic mass is 15.1. The van der Waals surface area contributed by atoms with Crippen molar-refractivity contribution in [2.75, 3.05) is 5.73 Å². The van der Waals surface area contributed by atoms with Crippen molar-refractivity contribution in [3.63, 3.8) is 0 Å². The van der Waals surface area contributed by atoms with Crippen molar-refractivity contribution in [2.24, 2.45) is 23.2 Å². The van der Waals surface area contributed by atoms with Crippen molar-refractivity contribution in [3.8, 4) is 0 Å². The Labute approximate surface area is 114 Å². The van der Waals surface area contributed by atoms with Crippen LogP contribution in [-0.4, -0.2) is 15.0 Å². The summed E-state index contributed by atoms with van der Waals surface area (Å²) < 4.78 is 0. The van der Waals surface area contributed by atoms with Crippen LogP contribution < -0.4 is 5.73 Å². The number of anilines is 1. The normalized spacial score (nSPS) is 39.7. The summed E-state index contributed by atoms with van der Waals surface area (Å²) in [6.07, 6.45) is 9.65. The Bertz CT molecular complexity index is 455. The molecule has 4 saturated carbocycles. The van der Waals surface area contributed by atoms with Crippen LogP contribution in [0.2, 0.25) is 0 Å². The Balaban J connectivity index is 1.62. The van der Waals surface area contributed by atoms with E-state index in [9.17, 15) is 0 Å². The molecule has 19 heavy (non-hydrogen) atoms. The van der Waals surface area contributed by atoms with Crippen molar-refractivity contribution < 1.29 is 0 Å². The van der Waals surface area contributed by atoms with E-state index in [1.807, 2.05) is 6.92 Å². The van der Waals surface area contributed by atoms with Gasteiger partial charge in [0.05, 0.1) is 0 Å². The molecule has 0 spiro atoms. The first-order chi connectivity index (χ1) is 9.10. The molecule has 4 heteroatoms. The quantitative estimate of drug-likeness (QED) is 0.885. The Hall–Kier alpha value is -1.19. The van der Waals surface area contributed by atoms with E-state index in [1.165, 1.54) is 38.5 Å². The molecule has 0 saturated heterocycles. The lowest BCUT2D eigenvalue weighted by Crippen LogP contribution is -2.47. The van der Waals surface area contributed by atoms with Crippen LogP contribution in [0.15, 0.2) is 0 Å². The first-order valence-electron chi connectivity index (χ1n) is 7.57. The fourth-order valence-electron chi connectivity index (χ4n) is 5.48. The van der Waals surface area contributed by atoms with E-state index in [1.54, 1.807) is 0 Å². The molecule has 1 aromatic rings. The molecule has 1 heterocycles. The van der Waals surface area contributed by atoms with Gasteiger partial charge >= 0.3 is 0 Å². The molecule has 4 aliphatic rings. The van der Waals surface area contributed by atoms with Gasteiger partial charge in [0.25, 0.3) is 0 Å². The molecule has 0 aliphatic heterocycles. The Kier molecular flexibility index (Phi) is 2.39. The van der Waals surface area contributed by atoms with Crippen LogP contribution in [0.25, 0.3) is 0 Å². The van der Waals surface area contributed by atoms with Gasteiger partial charge in [0.15, 0.2) is 0 Å². The van der Waals surface area contributed by atoms with E-state index in [0.29, 0.717) is 11.4 Å². The molecule has 0 amide bonds. The lowest BCUT2D eigenvalue weighted by molar-refractivity contribution is -0.0531. The maximum atomic E-state index is 5.76. The van der Waals surface area contributed by atoms with Crippen LogP contribution in [0.5, 0.6) is 0 Å². The van der Waals surface area contributed by atoms with Gasteiger partial charge in [-0.05, 0) is 68.6 Å². The van der Waals surface area contributed by atoms with Crippen LogP contribution in [-0.2, 0) is 6.42 Å². The molecular formula is C15H22N4. The summed E-state index contributed by atoms with van der Waals surface area (Å²) >= 11 is 0. The Morgan fingerprint density at radius 1 is 1.00 bits per heavy atom. The molecule has 0 radical (unpaired) electrons. The van der Waals surface area contributed by atoms with E-state index in [0.717, 1.165) is 35.8 Å². The van der Waals surface area contributed by atoms with Gasteiger partial charge in [-0.15, -0.1) is 0 Å². The summed E-state index contributed by atoms with van der Waals surface area (Å²) in [5.74, 6) is 5.00. The fraction of sp³-hybridized carbons (Fsp3) is 0.800. The number of aryl methyl sites for hydroxylation is 1. The number of hydrogen-bond acceptors (Lipinski definition) is 4. The predicted octanol–water partition coefficient (Wildman–Crippen LogP) is 2.52. The second-order valence-corrected chi connectivity index (χ2v) is 7.25. The molecule has 5 rings (SSSR count). The fourth-order valence-corrected chi connectivity index (χ4v) is 5.48. The third-order valence-electron chi connectivity index (χ3n) is 5.51. The van der Waals surface area contributed by atoms with Gasteiger partial charge in [0, 0.05) is 6.42 Å². The molecule has 0 unspecified atom stereocenters. The minimum Gasteiger partial charge on any atom is -0.368 e. The summed E-state index contributed by atoms with van der Waals surface area (Å²) in [4.78, 5) is 13.0. The van der Waals surface area contributed by atoms with Gasteiger partial charge in [-0.1, -0.05) is 0 Å². The van der Waals surface area contributed by atoms with Crippen molar-refractivity contribution in [3.05, 3.63) is 11.6 Å². The lowest BCUT2D eigenvalue weighted by atomic mass is 9.49. The highest BCUT2D eigenvalue weighted by Gasteiger charge is 2.51. The number of aromatic nitrogens is 3. The zero-order chi connectivity index (χ0) is 13.0. The van der Waals surface area contributed by atoms with Crippen LogP contribution in [0.4, 0.5) is 5.95 Å². The lowest BCUT2D eigenvalue weighted by Gasteiger charge is -2.56. The number of nitrogens with zero attached hydrogens (tertiary/aromatic N) is 3. The maximum absolute atomic E-state index is 5.76. The van der Waals surface area contributed by atoms with Gasteiger partial charge in [-0.2, -0.15) is 9.97 Å². The summed E-state index contributed by atoms with van der Waals surface area (Å²) in [7, 11) is 0. The smallest absolute Gasteiger partial charge is 0.223 e. The minimum absolute atomic E-state index is 0.382. The van der Waals surface area contributed by atoms with E-state index in [-0.39, 0.29) is 0 Å². The van der Waals surface area contributed by atoms with Gasteiger partial charge in [-0.3, -0.25) is 0 Å². The summed E-state index contributed by atoms with van der Waals surface area (Å²) in [6, 6.07) is 0. The van der Waals surface area contributed by atoms with Crippen molar-refractivity contribution in [1.82, 2.24) is 15.0 Å². The molecule has 4 bridgehead atoms. The van der Waals surface area contributed by atoms with Gasteiger partial charge in [0.2, 0.25) is 5.95 Å². The van der Waals surface area contributed by atoms with Gasteiger partial charge in [0.1, 0.15) is 11.6 Å². The SMILES string of the molecule is Cc1nc(N)nc(CC23CC4CC(CC(C4)C2)C3)n1.